The first kappa shape index (κ1) is 21.8. The number of anilines is 1. The van der Waals surface area contributed by atoms with E-state index in [2.05, 4.69) is 32.6 Å². The van der Waals surface area contributed by atoms with Gasteiger partial charge < -0.3 is 29.7 Å². The molecule has 0 spiro atoms. The Hall–Kier alpha value is -3.46. The largest absolute Gasteiger partial charge is 0.497 e. The van der Waals surface area contributed by atoms with Crippen LogP contribution in [0.4, 0.5) is 5.69 Å². The van der Waals surface area contributed by atoms with E-state index in [1.54, 1.807) is 19.2 Å². The third-order valence-corrected chi connectivity index (χ3v) is 5.62. The third kappa shape index (κ3) is 5.42. The van der Waals surface area contributed by atoms with E-state index in [0.717, 1.165) is 37.5 Å². The normalized spacial score (nSPS) is 15.3. The molecule has 2 aliphatic rings. The van der Waals surface area contributed by atoms with E-state index in [1.807, 2.05) is 18.2 Å². The maximum absolute atomic E-state index is 12.1. The summed E-state index contributed by atoms with van der Waals surface area (Å²) >= 11 is 0. The lowest BCUT2D eigenvalue weighted by atomic mass is 10.2. The van der Waals surface area contributed by atoms with Crippen LogP contribution in [0.25, 0.3) is 0 Å². The molecule has 0 aliphatic carbocycles. The van der Waals surface area contributed by atoms with Gasteiger partial charge in [-0.05, 0) is 42.0 Å². The molecule has 1 fully saturated rings. The SMILES string of the molecule is COc1ccc(N2CCN(CCNC(=O)C(=O)NCc3ccc4c(c3)OCO4)CC2)cc1. The van der Waals surface area contributed by atoms with Gasteiger partial charge in [0.1, 0.15) is 5.75 Å². The third-order valence-electron chi connectivity index (χ3n) is 5.62. The summed E-state index contributed by atoms with van der Waals surface area (Å²) < 4.78 is 15.8. The van der Waals surface area contributed by atoms with Gasteiger partial charge in [0.2, 0.25) is 6.79 Å². The highest BCUT2D eigenvalue weighted by molar-refractivity contribution is 6.35. The van der Waals surface area contributed by atoms with Gasteiger partial charge in [-0.2, -0.15) is 0 Å². The summed E-state index contributed by atoms with van der Waals surface area (Å²) in [6, 6.07) is 13.5. The van der Waals surface area contributed by atoms with Crippen LogP contribution >= 0.6 is 0 Å². The highest BCUT2D eigenvalue weighted by Crippen LogP contribution is 2.32. The molecule has 2 amide bonds. The molecule has 9 nitrogen and oxygen atoms in total. The summed E-state index contributed by atoms with van der Waals surface area (Å²) in [5, 5.41) is 5.33. The minimum absolute atomic E-state index is 0.198. The maximum atomic E-state index is 12.1. The molecule has 2 aromatic rings. The molecule has 9 heteroatoms. The highest BCUT2D eigenvalue weighted by Gasteiger charge is 2.19. The van der Waals surface area contributed by atoms with E-state index < -0.39 is 11.8 Å². The zero-order chi connectivity index (χ0) is 22.3. The van der Waals surface area contributed by atoms with Crippen molar-refractivity contribution >= 4 is 17.5 Å². The quantitative estimate of drug-likeness (QED) is 0.620. The molecule has 0 unspecified atom stereocenters. The van der Waals surface area contributed by atoms with Crippen molar-refractivity contribution in [3.05, 3.63) is 48.0 Å². The molecule has 0 atom stereocenters. The Labute approximate surface area is 187 Å². The summed E-state index contributed by atoms with van der Waals surface area (Å²) in [5.41, 5.74) is 2.02. The minimum atomic E-state index is -0.646. The molecule has 170 valence electrons. The number of nitrogens with zero attached hydrogens (tertiary/aromatic N) is 2. The van der Waals surface area contributed by atoms with Crippen LogP contribution in [0.1, 0.15) is 5.56 Å². The number of piperazine rings is 1. The fourth-order valence-corrected chi connectivity index (χ4v) is 3.74. The Morgan fingerprint density at radius 1 is 0.938 bits per heavy atom. The fraction of sp³-hybridized carbons (Fsp3) is 0.391. The average Bonchev–Trinajstić information content (AvgIpc) is 3.31. The lowest BCUT2D eigenvalue weighted by molar-refractivity contribution is -0.139. The Kier molecular flexibility index (Phi) is 6.96. The zero-order valence-corrected chi connectivity index (χ0v) is 18.1. The molecule has 0 bridgehead atoms. The number of methoxy groups -OCH3 is 1. The van der Waals surface area contributed by atoms with E-state index in [4.69, 9.17) is 14.2 Å². The van der Waals surface area contributed by atoms with Crippen molar-refractivity contribution < 1.29 is 23.8 Å². The van der Waals surface area contributed by atoms with Gasteiger partial charge in [0.05, 0.1) is 7.11 Å². The Morgan fingerprint density at radius 3 is 2.41 bits per heavy atom. The fourth-order valence-electron chi connectivity index (χ4n) is 3.74. The van der Waals surface area contributed by atoms with Gasteiger partial charge >= 0.3 is 11.8 Å². The maximum Gasteiger partial charge on any atom is 0.309 e. The number of hydrogen-bond acceptors (Lipinski definition) is 7. The van der Waals surface area contributed by atoms with Crippen LogP contribution in [0, 0.1) is 0 Å². The number of fused-ring (bicyclic) bond motifs is 1. The molecular weight excluding hydrogens is 412 g/mol. The monoisotopic (exact) mass is 440 g/mol. The van der Waals surface area contributed by atoms with Crippen LogP contribution in [-0.2, 0) is 16.1 Å². The predicted octanol–water partition coefficient (Wildman–Crippen LogP) is 0.979. The molecule has 0 saturated carbocycles. The van der Waals surface area contributed by atoms with Gasteiger partial charge in [0.25, 0.3) is 0 Å². The van der Waals surface area contributed by atoms with E-state index >= 15 is 0 Å². The lowest BCUT2D eigenvalue weighted by Crippen LogP contribution is -2.49. The topological polar surface area (TPSA) is 92.4 Å². The van der Waals surface area contributed by atoms with Crippen molar-refractivity contribution in [1.29, 1.82) is 0 Å². The van der Waals surface area contributed by atoms with Crippen LogP contribution in [0.15, 0.2) is 42.5 Å². The van der Waals surface area contributed by atoms with Crippen LogP contribution in [-0.4, -0.2) is 69.9 Å². The van der Waals surface area contributed by atoms with E-state index in [0.29, 0.717) is 24.6 Å². The summed E-state index contributed by atoms with van der Waals surface area (Å²) in [6.07, 6.45) is 0. The first-order chi connectivity index (χ1) is 15.6. The van der Waals surface area contributed by atoms with Crippen molar-refractivity contribution in [3.63, 3.8) is 0 Å². The van der Waals surface area contributed by atoms with Crippen LogP contribution < -0.4 is 29.7 Å². The van der Waals surface area contributed by atoms with Gasteiger partial charge in [-0.25, -0.2) is 0 Å². The molecular formula is C23H28N4O5. The number of amides is 2. The van der Waals surface area contributed by atoms with Gasteiger partial charge in [-0.3, -0.25) is 14.5 Å². The van der Waals surface area contributed by atoms with Gasteiger partial charge in [0.15, 0.2) is 11.5 Å². The first-order valence-corrected chi connectivity index (χ1v) is 10.7. The molecule has 1 saturated heterocycles. The Balaban J connectivity index is 1.13. The molecule has 4 rings (SSSR count). The van der Waals surface area contributed by atoms with E-state index in [-0.39, 0.29) is 13.3 Å². The predicted molar refractivity (Wildman–Crippen MR) is 119 cm³/mol. The highest BCUT2D eigenvalue weighted by atomic mass is 16.7. The number of nitrogens with one attached hydrogen (secondary N) is 2. The second-order valence-electron chi connectivity index (χ2n) is 7.65. The molecule has 32 heavy (non-hydrogen) atoms. The molecule has 2 aliphatic heterocycles. The lowest BCUT2D eigenvalue weighted by Gasteiger charge is -2.36. The number of hydrogen-bond donors (Lipinski definition) is 2. The second-order valence-corrected chi connectivity index (χ2v) is 7.65. The van der Waals surface area contributed by atoms with Crippen molar-refractivity contribution in [1.82, 2.24) is 15.5 Å². The van der Waals surface area contributed by atoms with Crippen LogP contribution in [0.2, 0.25) is 0 Å². The summed E-state index contributed by atoms with van der Waals surface area (Å²) in [7, 11) is 1.66. The van der Waals surface area contributed by atoms with Crippen LogP contribution in [0.5, 0.6) is 17.2 Å². The molecule has 0 radical (unpaired) electrons. The Bertz CT molecular complexity index is 942. The smallest absolute Gasteiger partial charge is 0.309 e. The molecule has 2 aromatic carbocycles. The zero-order valence-electron chi connectivity index (χ0n) is 18.1. The van der Waals surface area contributed by atoms with Gasteiger partial charge in [0, 0.05) is 51.5 Å². The van der Waals surface area contributed by atoms with Crippen molar-refractivity contribution in [2.75, 3.05) is 58.1 Å². The molecule has 0 aromatic heterocycles. The number of benzene rings is 2. The number of carbonyl (C=O) groups is 2. The van der Waals surface area contributed by atoms with Crippen molar-refractivity contribution in [2.24, 2.45) is 0 Å². The number of carbonyl (C=O) groups excluding carboxylic acids is 2. The van der Waals surface area contributed by atoms with Crippen molar-refractivity contribution in [2.45, 2.75) is 6.54 Å². The van der Waals surface area contributed by atoms with Gasteiger partial charge in [-0.1, -0.05) is 6.07 Å². The summed E-state index contributed by atoms with van der Waals surface area (Å²) in [6.45, 7) is 5.21. The van der Waals surface area contributed by atoms with E-state index in [9.17, 15) is 9.59 Å². The first-order valence-electron chi connectivity index (χ1n) is 10.7. The van der Waals surface area contributed by atoms with Crippen molar-refractivity contribution in [3.8, 4) is 17.2 Å². The standard InChI is InChI=1S/C23H28N4O5/c1-30-19-5-3-18(4-6-19)27-12-10-26(11-13-27)9-8-24-22(28)23(29)25-15-17-2-7-20-21(14-17)32-16-31-20/h2-7,14H,8-13,15-16H2,1H3,(H,24,28)(H,25,29). The number of rotatable bonds is 7. The molecule has 2 N–H and O–H groups in total. The van der Waals surface area contributed by atoms with Gasteiger partial charge in [-0.15, -0.1) is 0 Å². The van der Waals surface area contributed by atoms with Crippen LogP contribution in [0.3, 0.4) is 0 Å². The number of ether oxygens (including phenoxy) is 3. The Morgan fingerprint density at radius 2 is 1.66 bits per heavy atom. The summed E-state index contributed by atoms with van der Waals surface area (Å²) in [4.78, 5) is 28.8. The minimum Gasteiger partial charge on any atom is -0.497 e. The van der Waals surface area contributed by atoms with E-state index in [1.165, 1.54) is 5.69 Å². The average molecular weight is 441 g/mol. The molecule has 2 heterocycles. The summed E-state index contributed by atoms with van der Waals surface area (Å²) in [5.74, 6) is 0.911. The second kappa shape index (κ2) is 10.2.